The lowest BCUT2D eigenvalue weighted by Crippen LogP contribution is -2.47. The molecule has 2 atom stereocenters. The summed E-state index contributed by atoms with van der Waals surface area (Å²) in [6, 6.07) is -0.495. The van der Waals surface area contributed by atoms with Gasteiger partial charge in [0.05, 0.1) is 0 Å². The third-order valence-electron chi connectivity index (χ3n) is 1.78. The third kappa shape index (κ3) is 3.34. The second-order valence-corrected chi connectivity index (χ2v) is 2.60. The lowest BCUT2D eigenvalue weighted by atomic mass is 10.0. The predicted molar refractivity (Wildman–Crippen MR) is 43.1 cm³/mol. The quantitative estimate of drug-likeness (QED) is 0.503. The second-order valence-electron chi connectivity index (χ2n) is 2.60. The van der Waals surface area contributed by atoms with Crippen molar-refractivity contribution in [2.24, 2.45) is 5.92 Å². The molecule has 0 aromatic heterocycles. The number of carboxylic acid groups (broad SMARTS) is 1. The van der Waals surface area contributed by atoms with Crippen molar-refractivity contribution in [3.63, 3.8) is 0 Å². The molecule has 0 spiro atoms. The third-order valence-corrected chi connectivity index (χ3v) is 1.78. The molecule has 0 heterocycles. The van der Waals surface area contributed by atoms with E-state index >= 15 is 0 Å². The molecule has 0 radical (unpaired) electrons. The van der Waals surface area contributed by atoms with E-state index in [1.54, 1.807) is 7.05 Å². The molecule has 0 amide bonds. The number of hydrogen-bond acceptors (Lipinski definition) is 3. The minimum absolute atomic E-state index is 0.139. The summed E-state index contributed by atoms with van der Waals surface area (Å²) in [5, 5.41) is 8.70. The van der Waals surface area contributed by atoms with Crippen LogP contribution in [0.4, 0.5) is 0 Å². The molecule has 0 fully saturated rings. The van der Waals surface area contributed by atoms with Gasteiger partial charge in [-0.05, 0) is 13.0 Å². The van der Waals surface area contributed by atoms with Crippen LogP contribution in [0.1, 0.15) is 20.3 Å². The molecule has 3 N–H and O–H groups in total. The predicted octanol–water partition coefficient (Wildman–Crippen LogP) is 0.210. The first-order valence-electron chi connectivity index (χ1n) is 3.78. The Hall–Kier alpha value is -0.610. The van der Waals surface area contributed by atoms with E-state index in [0.717, 1.165) is 6.42 Å². The Morgan fingerprint density at radius 3 is 2.45 bits per heavy atom. The van der Waals surface area contributed by atoms with Crippen LogP contribution in [0, 0.1) is 5.92 Å². The van der Waals surface area contributed by atoms with Gasteiger partial charge in [-0.2, -0.15) is 0 Å². The van der Waals surface area contributed by atoms with Gasteiger partial charge >= 0.3 is 5.97 Å². The monoisotopic (exact) mass is 160 g/mol. The van der Waals surface area contributed by atoms with Gasteiger partial charge in [-0.15, -0.1) is 0 Å². The first-order chi connectivity index (χ1) is 5.13. The molecular formula is C7H16N2O2. The molecule has 0 saturated heterocycles. The molecule has 0 aliphatic rings. The highest BCUT2D eigenvalue weighted by atomic mass is 16.4. The number of aliphatic carboxylic acids is 1. The van der Waals surface area contributed by atoms with Crippen LogP contribution in [0.15, 0.2) is 0 Å². The number of rotatable bonds is 5. The van der Waals surface area contributed by atoms with E-state index < -0.39 is 12.0 Å². The zero-order chi connectivity index (χ0) is 8.85. The molecule has 0 aliphatic carbocycles. The van der Waals surface area contributed by atoms with E-state index in [2.05, 4.69) is 10.9 Å². The highest BCUT2D eigenvalue weighted by molar-refractivity contribution is 5.73. The Morgan fingerprint density at radius 1 is 1.64 bits per heavy atom. The SMILES string of the molecule is CC[C@@H](C)[C@@H](NNC)C(=O)O. The number of carboxylic acids is 1. The number of hydrazine groups is 1. The van der Waals surface area contributed by atoms with Crippen molar-refractivity contribution in [2.45, 2.75) is 26.3 Å². The van der Waals surface area contributed by atoms with Crippen LogP contribution in [0.3, 0.4) is 0 Å². The largest absolute Gasteiger partial charge is 0.480 e. The van der Waals surface area contributed by atoms with Crippen molar-refractivity contribution < 1.29 is 9.90 Å². The fourth-order valence-electron chi connectivity index (χ4n) is 0.839. The normalized spacial score (nSPS) is 15.9. The van der Waals surface area contributed by atoms with Gasteiger partial charge in [0.1, 0.15) is 6.04 Å². The van der Waals surface area contributed by atoms with Gasteiger partial charge < -0.3 is 5.11 Å². The van der Waals surface area contributed by atoms with Crippen LogP contribution in [-0.4, -0.2) is 24.2 Å². The van der Waals surface area contributed by atoms with Crippen LogP contribution in [0.2, 0.25) is 0 Å². The summed E-state index contributed by atoms with van der Waals surface area (Å²) in [5.74, 6) is -0.673. The summed E-state index contributed by atoms with van der Waals surface area (Å²) in [6.45, 7) is 3.88. The lowest BCUT2D eigenvalue weighted by Gasteiger charge is -2.18. The van der Waals surface area contributed by atoms with Gasteiger partial charge in [-0.25, -0.2) is 5.43 Å². The Labute approximate surface area is 67.0 Å². The Bertz CT molecular complexity index is 128. The molecule has 0 aromatic rings. The molecule has 0 rings (SSSR count). The Kier molecular flexibility index (Phi) is 4.81. The first kappa shape index (κ1) is 10.4. The minimum Gasteiger partial charge on any atom is -0.480 e. The first-order valence-corrected chi connectivity index (χ1v) is 3.78. The highest BCUT2D eigenvalue weighted by Gasteiger charge is 2.21. The molecule has 0 aliphatic heterocycles. The van der Waals surface area contributed by atoms with Crippen molar-refractivity contribution in [3.8, 4) is 0 Å². The van der Waals surface area contributed by atoms with Crippen molar-refractivity contribution in [2.75, 3.05) is 7.05 Å². The number of carbonyl (C=O) groups is 1. The van der Waals surface area contributed by atoms with E-state index in [-0.39, 0.29) is 5.92 Å². The molecule has 0 bridgehead atoms. The molecule has 11 heavy (non-hydrogen) atoms. The summed E-state index contributed by atoms with van der Waals surface area (Å²) in [6.07, 6.45) is 0.853. The Balaban J connectivity index is 3.97. The van der Waals surface area contributed by atoms with E-state index in [1.165, 1.54) is 0 Å². The highest BCUT2D eigenvalue weighted by Crippen LogP contribution is 2.06. The van der Waals surface area contributed by atoms with Crippen LogP contribution in [0.5, 0.6) is 0 Å². The van der Waals surface area contributed by atoms with Gasteiger partial charge in [-0.3, -0.25) is 10.2 Å². The van der Waals surface area contributed by atoms with Gasteiger partial charge in [0.2, 0.25) is 0 Å². The maximum atomic E-state index is 10.6. The number of nitrogens with one attached hydrogen (secondary N) is 2. The van der Waals surface area contributed by atoms with Gasteiger partial charge in [-0.1, -0.05) is 20.3 Å². The van der Waals surface area contributed by atoms with Gasteiger partial charge in [0, 0.05) is 0 Å². The van der Waals surface area contributed by atoms with Crippen molar-refractivity contribution in [1.29, 1.82) is 0 Å². The second kappa shape index (κ2) is 5.09. The fraction of sp³-hybridized carbons (Fsp3) is 0.857. The zero-order valence-corrected chi connectivity index (χ0v) is 7.22. The summed E-state index contributed by atoms with van der Waals surface area (Å²) in [5.41, 5.74) is 5.32. The van der Waals surface area contributed by atoms with E-state index in [9.17, 15) is 4.79 Å². The minimum atomic E-state index is -0.811. The summed E-state index contributed by atoms with van der Waals surface area (Å²) in [7, 11) is 1.66. The molecule has 66 valence electrons. The maximum absolute atomic E-state index is 10.6. The van der Waals surface area contributed by atoms with E-state index in [0.29, 0.717) is 0 Å². The Morgan fingerprint density at radius 2 is 2.18 bits per heavy atom. The molecule has 0 saturated carbocycles. The maximum Gasteiger partial charge on any atom is 0.322 e. The van der Waals surface area contributed by atoms with Gasteiger partial charge in [0.25, 0.3) is 0 Å². The van der Waals surface area contributed by atoms with E-state index in [4.69, 9.17) is 5.11 Å². The average Bonchev–Trinajstić information content (AvgIpc) is 1.98. The standard InChI is InChI=1S/C7H16N2O2/c1-4-5(2)6(7(10)11)9-8-3/h5-6,8-9H,4H2,1-3H3,(H,10,11)/t5-,6-/m1/s1. The smallest absolute Gasteiger partial charge is 0.322 e. The fourth-order valence-corrected chi connectivity index (χ4v) is 0.839. The summed E-state index contributed by atoms with van der Waals surface area (Å²) >= 11 is 0. The van der Waals surface area contributed by atoms with Crippen LogP contribution in [-0.2, 0) is 4.79 Å². The molecule has 0 unspecified atom stereocenters. The molecule has 4 heteroatoms. The van der Waals surface area contributed by atoms with Crippen LogP contribution < -0.4 is 10.9 Å². The lowest BCUT2D eigenvalue weighted by molar-refractivity contribution is -0.141. The van der Waals surface area contributed by atoms with Crippen LogP contribution >= 0.6 is 0 Å². The van der Waals surface area contributed by atoms with Crippen molar-refractivity contribution >= 4 is 5.97 Å². The molecule has 0 aromatic carbocycles. The van der Waals surface area contributed by atoms with Crippen molar-refractivity contribution in [1.82, 2.24) is 10.9 Å². The van der Waals surface area contributed by atoms with Gasteiger partial charge in [0.15, 0.2) is 0 Å². The average molecular weight is 160 g/mol. The van der Waals surface area contributed by atoms with Crippen LogP contribution in [0.25, 0.3) is 0 Å². The number of hydrogen-bond donors (Lipinski definition) is 3. The van der Waals surface area contributed by atoms with E-state index in [1.807, 2.05) is 13.8 Å². The summed E-state index contributed by atoms with van der Waals surface area (Å²) in [4.78, 5) is 10.6. The molecular weight excluding hydrogens is 144 g/mol. The zero-order valence-electron chi connectivity index (χ0n) is 7.22. The van der Waals surface area contributed by atoms with Crippen molar-refractivity contribution in [3.05, 3.63) is 0 Å². The topological polar surface area (TPSA) is 61.4 Å². The molecule has 4 nitrogen and oxygen atoms in total. The summed E-state index contributed by atoms with van der Waals surface area (Å²) < 4.78 is 0.